The molecular formula is C15H21N3O2. The van der Waals surface area contributed by atoms with Crippen LogP contribution in [0.25, 0.3) is 0 Å². The Morgan fingerprint density at radius 1 is 1.25 bits per heavy atom. The van der Waals surface area contributed by atoms with Crippen LogP contribution >= 0.6 is 0 Å². The maximum Gasteiger partial charge on any atom is 0.223 e. The lowest BCUT2D eigenvalue weighted by Crippen LogP contribution is -2.31. The molecule has 1 aromatic rings. The van der Waals surface area contributed by atoms with Crippen LogP contribution in [0.3, 0.4) is 0 Å². The Hall–Kier alpha value is -2.04. The van der Waals surface area contributed by atoms with E-state index < -0.39 is 0 Å². The molecule has 1 amide bonds. The van der Waals surface area contributed by atoms with Crippen LogP contribution in [-0.4, -0.2) is 17.0 Å². The third kappa shape index (κ3) is 3.73. The van der Waals surface area contributed by atoms with Gasteiger partial charge in [0.25, 0.3) is 0 Å². The second-order valence-electron chi connectivity index (χ2n) is 5.23. The minimum Gasteiger partial charge on any atom is -0.409 e. The normalized spacial score (nSPS) is 16.9. The van der Waals surface area contributed by atoms with Crippen molar-refractivity contribution in [1.82, 2.24) is 5.32 Å². The number of carbonyl (C=O) groups excluding carboxylic acids is 1. The Labute approximate surface area is 118 Å². The number of hydrogen-bond donors (Lipinski definition) is 3. The highest BCUT2D eigenvalue weighted by molar-refractivity contribution is 5.96. The van der Waals surface area contributed by atoms with Crippen molar-refractivity contribution in [3.8, 4) is 0 Å². The molecule has 0 radical (unpaired) electrons. The van der Waals surface area contributed by atoms with E-state index in [1.54, 1.807) is 12.1 Å². The van der Waals surface area contributed by atoms with Crippen LogP contribution in [0.5, 0.6) is 0 Å². The quantitative estimate of drug-likeness (QED) is 0.340. The molecule has 5 heteroatoms. The van der Waals surface area contributed by atoms with Gasteiger partial charge in [-0.1, -0.05) is 48.7 Å². The van der Waals surface area contributed by atoms with Gasteiger partial charge in [-0.3, -0.25) is 4.79 Å². The molecule has 0 heterocycles. The van der Waals surface area contributed by atoms with Crippen LogP contribution in [0.15, 0.2) is 29.4 Å². The summed E-state index contributed by atoms with van der Waals surface area (Å²) in [6.45, 7) is 0.520. The third-order valence-electron chi connectivity index (χ3n) is 3.80. The Kier molecular flexibility index (Phi) is 4.98. The summed E-state index contributed by atoms with van der Waals surface area (Å²) < 4.78 is 0. The number of benzene rings is 1. The van der Waals surface area contributed by atoms with Crippen molar-refractivity contribution in [3.05, 3.63) is 35.4 Å². The van der Waals surface area contributed by atoms with Gasteiger partial charge in [-0.15, -0.1) is 0 Å². The zero-order chi connectivity index (χ0) is 14.4. The molecule has 1 aliphatic carbocycles. The minimum atomic E-state index is 0.0859. The fourth-order valence-corrected chi connectivity index (χ4v) is 2.55. The first-order chi connectivity index (χ1) is 9.70. The number of nitrogens with one attached hydrogen (secondary N) is 1. The van der Waals surface area contributed by atoms with Gasteiger partial charge in [-0.25, -0.2) is 0 Å². The summed E-state index contributed by atoms with van der Waals surface area (Å²) in [6.07, 6.45) is 5.58. The van der Waals surface area contributed by atoms with Crippen LogP contribution in [0.2, 0.25) is 0 Å². The molecule has 0 atom stereocenters. The van der Waals surface area contributed by atoms with E-state index >= 15 is 0 Å². The first kappa shape index (κ1) is 14.4. The number of amides is 1. The fourth-order valence-electron chi connectivity index (χ4n) is 2.55. The highest BCUT2D eigenvalue weighted by Crippen LogP contribution is 2.23. The predicted molar refractivity (Wildman–Crippen MR) is 77.4 cm³/mol. The number of nitrogens with two attached hydrogens (primary N) is 1. The Morgan fingerprint density at radius 2 is 1.90 bits per heavy atom. The van der Waals surface area contributed by atoms with Gasteiger partial charge in [0, 0.05) is 18.0 Å². The van der Waals surface area contributed by atoms with Gasteiger partial charge in [0.15, 0.2) is 5.84 Å². The second-order valence-corrected chi connectivity index (χ2v) is 5.23. The number of amidine groups is 1. The van der Waals surface area contributed by atoms with Crippen molar-refractivity contribution >= 4 is 11.7 Å². The number of rotatable bonds is 4. The SMILES string of the molecule is NC(=NO)c1ccc(CNC(=O)C2CCCCC2)cc1. The average Bonchev–Trinajstić information content (AvgIpc) is 2.53. The summed E-state index contributed by atoms with van der Waals surface area (Å²) >= 11 is 0. The standard InChI is InChI=1S/C15H21N3O2/c16-14(18-20)12-8-6-11(7-9-12)10-17-15(19)13-4-2-1-3-5-13/h6-9,13,20H,1-5,10H2,(H2,16,18)(H,17,19). The zero-order valence-corrected chi connectivity index (χ0v) is 11.5. The molecule has 1 aromatic carbocycles. The van der Waals surface area contributed by atoms with Gasteiger partial charge < -0.3 is 16.3 Å². The second kappa shape index (κ2) is 6.93. The maximum absolute atomic E-state index is 12.0. The molecule has 20 heavy (non-hydrogen) atoms. The highest BCUT2D eigenvalue weighted by atomic mass is 16.4. The zero-order valence-electron chi connectivity index (χ0n) is 11.5. The largest absolute Gasteiger partial charge is 0.409 e. The summed E-state index contributed by atoms with van der Waals surface area (Å²) in [7, 11) is 0. The van der Waals surface area contributed by atoms with Gasteiger partial charge in [0.05, 0.1) is 0 Å². The van der Waals surface area contributed by atoms with Crippen LogP contribution in [0.4, 0.5) is 0 Å². The van der Waals surface area contributed by atoms with Gasteiger partial charge in [-0.05, 0) is 18.4 Å². The van der Waals surface area contributed by atoms with Crippen molar-refractivity contribution in [1.29, 1.82) is 0 Å². The van der Waals surface area contributed by atoms with Crippen molar-refractivity contribution in [2.45, 2.75) is 38.6 Å². The van der Waals surface area contributed by atoms with Crippen molar-refractivity contribution < 1.29 is 10.0 Å². The van der Waals surface area contributed by atoms with Gasteiger partial charge in [0.2, 0.25) is 5.91 Å². The molecular weight excluding hydrogens is 254 g/mol. The van der Waals surface area contributed by atoms with E-state index in [0.717, 1.165) is 31.2 Å². The molecule has 0 aliphatic heterocycles. The van der Waals surface area contributed by atoms with Crippen molar-refractivity contribution in [3.63, 3.8) is 0 Å². The van der Waals surface area contributed by atoms with E-state index in [0.29, 0.717) is 12.1 Å². The van der Waals surface area contributed by atoms with Crippen molar-refractivity contribution in [2.75, 3.05) is 0 Å². The molecule has 5 nitrogen and oxygen atoms in total. The highest BCUT2D eigenvalue weighted by Gasteiger charge is 2.20. The molecule has 0 bridgehead atoms. The van der Waals surface area contributed by atoms with E-state index in [1.807, 2.05) is 12.1 Å². The molecule has 1 fully saturated rings. The van der Waals surface area contributed by atoms with Crippen molar-refractivity contribution in [2.24, 2.45) is 16.8 Å². The molecule has 1 aliphatic rings. The molecule has 0 unspecified atom stereocenters. The van der Waals surface area contributed by atoms with Crippen LogP contribution in [0.1, 0.15) is 43.2 Å². The molecule has 108 valence electrons. The summed E-state index contributed by atoms with van der Waals surface area (Å²) in [5.74, 6) is 0.424. The smallest absolute Gasteiger partial charge is 0.223 e. The van der Waals surface area contributed by atoms with Gasteiger partial charge >= 0.3 is 0 Å². The maximum atomic E-state index is 12.0. The predicted octanol–water partition coefficient (Wildman–Crippen LogP) is 1.98. The molecule has 1 saturated carbocycles. The number of carbonyl (C=O) groups is 1. The lowest BCUT2D eigenvalue weighted by atomic mass is 9.88. The minimum absolute atomic E-state index is 0.0859. The average molecular weight is 275 g/mol. The number of nitrogens with zero attached hydrogens (tertiary/aromatic N) is 1. The lowest BCUT2D eigenvalue weighted by molar-refractivity contribution is -0.126. The first-order valence-corrected chi connectivity index (χ1v) is 7.05. The molecule has 0 spiro atoms. The van der Waals surface area contributed by atoms with Crippen LogP contribution in [-0.2, 0) is 11.3 Å². The van der Waals surface area contributed by atoms with Crippen LogP contribution in [0, 0.1) is 5.92 Å². The summed E-state index contributed by atoms with van der Waals surface area (Å²) in [4.78, 5) is 12.0. The van der Waals surface area contributed by atoms with E-state index in [9.17, 15) is 4.79 Å². The number of hydrogen-bond acceptors (Lipinski definition) is 3. The van der Waals surface area contributed by atoms with Gasteiger partial charge in [0.1, 0.15) is 0 Å². The summed E-state index contributed by atoms with van der Waals surface area (Å²) in [5, 5.41) is 14.5. The van der Waals surface area contributed by atoms with E-state index in [-0.39, 0.29) is 17.7 Å². The Bertz CT molecular complexity index is 476. The molecule has 0 aromatic heterocycles. The third-order valence-corrected chi connectivity index (χ3v) is 3.80. The van der Waals surface area contributed by atoms with E-state index in [1.165, 1.54) is 6.42 Å². The Morgan fingerprint density at radius 3 is 2.50 bits per heavy atom. The molecule has 0 saturated heterocycles. The van der Waals surface area contributed by atoms with Crippen LogP contribution < -0.4 is 11.1 Å². The molecule has 2 rings (SSSR count). The Balaban J connectivity index is 1.85. The monoisotopic (exact) mass is 275 g/mol. The summed E-state index contributed by atoms with van der Waals surface area (Å²) in [6, 6.07) is 7.29. The summed E-state index contributed by atoms with van der Waals surface area (Å²) in [5.41, 5.74) is 7.16. The fraction of sp³-hybridized carbons (Fsp3) is 0.467. The van der Waals surface area contributed by atoms with E-state index in [4.69, 9.17) is 10.9 Å². The molecule has 4 N–H and O–H groups in total. The van der Waals surface area contributed by atoms with E-state index in [2.05, 4.69) is 10.5 Å². The topological polar surface area (TPSA) is 87.7 Å². The lowest BCUT2D eigenvalue weighted by Gasteiger charge is -2.20. The van der Waals surface area contributed by atoms with Gasteiger partial charge in [-0.2, -0.15) is 0 Å². The first-order valence-electron chi connectivity index (χ1n) is 7.05. The number of oxime groups is 1.